The molecule has 2 amide bonds. The lowest BCUT2D eigenvalue weighted by molar-refractivity contribution is -0.130. The van der Waals surface area contributed by atoms with Gasteiger partial charge in [-0.15, -0.1) is 0 Å². The van der Waals surface area contributed by atoms with Gasteiger partial charge in [0.05, 0.1) is 0 Å². The summed E-state index contributed by atoms with van der Waals surface area (Å²) in [5, 5.41) is 3.06. The Hall–Kier alpha value is -2.04. The van der Waals surface area contributed by atoms with Gasteiger partial charge in [-0.1, -0.05) is 12.1 Å². The summed E-state index contributed by atoms with van der Waals surface area (Å²) in [6.45, 7) is 3.06. The van der Waals surface area contributed by atoms with E-state index in [2.05, 4.69) is 5.32 Å². The number of hydrogen-bond acceptors (Lipinski definition) is 3. The molecule has 1 fully saturated rings. The van der Waals surface area contributed by atoms with Gasteiger partial charge in [0.15, 0.2) is 0 Å². The highest BCUT2D eigenvalue weighted by molar-refractivity contribution is 5.76. The molecule has 0 radical (unpaired) electrons. The molecule has 0 aromatic heterocycles. The summed E-state index contributed by atoms with van der Waals surface area (Å²) >= 11 is 0. The third-order valence-electron chi connectivity index (χ3n) is 3.93. The van der Waals surface area contributed by atoms with Crippen LogP contribution in [0.5, 0.6) is 0 Å². The van der Waals surface area contributed by atoms with Crippen LogP contribution in [0.4, 0.5) is 5.69 Å². The Balaban J connectivity index is 1.70. The summed E-state index contributed by atoms with van der Waals surface area (Å²) in [7, 11) is 0. The van der Waals surface area contributed by atoms with E-state index in [0.717, 1.165) is 43.6 Å². The number of hydrogen-bond donors (Lipinski definition) is 2. The SMILES string of the molecule is CC(=O)N1CCC(NC(=O)CCc2ccc(N)cc2)CC1. The lowest BCUT2D eigenvalue weighted by Crippen LogP contribution is -2.46. The molecule has 5 nitrogen and oxygen atoms in total. The van der Waals surface area contributed by atoms with Gasteiger partial charge in [-0.25, -0.2) is 0 Å². The van der Waals surface area contributed by atoms with Crippen molar-refractivity contribution in [2.24, 2.45) is 0 Å². The smallest absolute Gasteiger partial charge is 0.220 e. The van der Waals surface area contributed by atoms with Crippen LogP contribution in [0.3, 0.4) is 0 Å². The number of nitrogen functional groups attached to an aromatic ring is 1. The van der Waals surface area contributed by atoms with Gasteiger partial charge in [-0.05, 0) is 37.0 Å². The molecule has 1 heterocycles. The molecule has 114 valence electrons. The van der Waals surface area contributed by atoms with Gasteiger partial charge in [0.1, 0.15) is 0 Å². The highest BCUT2D eigenvalue weighted by Gasteiger charge is 2.21. The Morgan fingerprint density at radius 3 is 2.43 bits per heavy atom. The Bertz CT molecular complexity index is 491. The van der Waals surface area contributed by atoms with Gasteiger partial charge >= 0.3 is 0 Å². The van der Waals surface area contributed by atoms with Crippen LogP contribution in [0.15, 0.2) is 24.3 Å². The molecule has 0 saturated carbocycles. The van der Waals surface area contributed by atoms with E-state index in [1.807, 2.05) is 29.2 Å². The summed E-state index contributed by atoms with van der Waals surface area (Å²) in [6, 6.07) is 7.80. The Morgan fingerprint density at radius 1 is 1.24 bits per heavy atom. The number of benzene rings is 1. The van der Waals surface area contributed by atoms with Crippen LogP contribution in [-0.4, -0.2) is 35.8 Å². The predicted molar refractivity (Wildman–Crippen MR) is 82.6 cm³/mol. The summed E-state index contributed by atoms with van der Waals surface area (Å²) in [5.74, 6) is 0.191. The first-order valence-electron chi connectivity index (χ1n) is 7.44. The molecule has 2 rings (SSSR count). The van der Waals surface area contributed by atoms with Crippen molar-refractivity contribution < 1.29 is 9.59 Å². The number of rotatable bonds is 4. The van der Waals surface area contributed by atoms with Gasteiger partial charge in [-0.3, -0.25) is 9.59 Å². The maximum absolute atomic E-state index is 12.0. The molecule has 5 heteroatoms. The van der Waals surface area contributed by atoms with Gasteiger partial charge in [0.2, 0.25) is 11.8 Å². The largest absolute Gasteiger partial charge is 0.399 e. The number of aryl methyl sites for hydroxylation is 1. The van der Waals surface area contributed by atoms with E-state index < -0.39 is 0 Å². The monoisotopic (exact) mass is 289 g/mol. The van der Waals surface area contributed by atoms with Crippen LogP contribution in [-0.2, 0) is 16.0 Å². The molecule has 3 N–H and O–H groups in total. The van der Waals surface area contributed by atoms with Crippen molar-refractivity contribution in [3.63, 3.8) is 0 Å². The molecule has 1 aromatic rings. The van der Waals surface area contributed by atoms with E-state index in [0.29, 0.717) is 6.42 Å². The number of nitrogens with one attached hydrogen (secondary N) is 1. The fraction of sp³-hybridized carbons (Fsp3) is 0.500. The molecule has 1 aromatic carbocycles. The third kappa shape index (κ3) is 4.77. The summed E-state index contributed by atoms with van der Waals surface area (Å²) in [5.41, 5.74) is 7.48. The van der Waals surface area contributed by atoms with Crippen molar-refractivity contribution in [2.75, 3.05) is 18.8 Å². The van der Waals surface area contributed by atoms with Crippen LogP contribution in [0.2, 0.25) is 0 Å². The Morgan fingerprint density at radius 2 is 1.86 bits per heavy atom. The van der Waals surface area contributed by atoms with Crippen LogP contribution in [0.1, 0.15) is 31.7 Å². The third-order valence-corrected chi connectivity index (χ3v) is 3.93. The van der Waals surface area contributed by atoms with Crippen molar-refractivity contribution in [2.45, 2.75) is 38.6 Å². The predicted octanol–water partition coefficient (Wildman–Crippen LogP) is 1.33. The number of amides is 2. The van der Waals surface area contributed by atoms with E-state index in [4.69, 9.17) is 5.73 Å². The fourth-order valence-electron chi connectivity index (χ4n) is 2.58. The van der Waals surface area contributed by atoms with E-state index in [1.54, 1.807) is 6.92 Å². The molecular formula is C16H23N3O2. The molecule has 0 bridgehead atoms. The topological polar surface area (TPSA) is 75.4 Å². The van der Waals surface area contributed by atoms with E-state index in [9.17, 15) is 9.59 Å². The van der Waals surface area contributed by atoms with E-state index in [-0.39, 0.29) is 17.9 Å². The first kappa shape index (κ1) is 15.4. The van der Waals surface area contributed by atoms with Crippen molar-refractivity contribution >= 4 is 17.5 Å². The number of nitrogens with two attached hydrogens (primary N) is 1. The lowest BCUT2D eigenvalue weighted by Gasteiger charge is -2.31. The highest BCUT2D eigenvalue weighted by atomic mass is 16.2. The molecule has 0 aliphatic carbocycles. The lowest BCUT2D eigenvalue weighted by atomic mass is 10.0. The van der Waals surface area contributed by atoms with Crippen molar-refractivity contribution in [3.8, 4) is 0 Å². The standard InChI is InChI=1S/C16H23N3O2/c1-12(20)19-10-8-15(9-11-19)18-16(21)7-4-13-2-5-14(17)6-3-13/h2-3,5-6,15H,4,7-11,17H2,1H3,(H,18,21). The molecule has 0 spiro atoms. The highest BCUT2D eigenvalue weighted by Crippen LogP contribution is 2.11. The van der Waals surface area contributed by atoms with E-state index in [1.165, 1.54) is 0 Å². The van der Waals surface area contributed by atoms with Crippen molar-refractivity contribution in [1.82, 2.24) is 10.2 Å². The van der Waals surface area contributed by atoms with Crippen molar-refractivity contribution in [1.29, 1.82) is 0 Å². The number of carbonyl (C=O) groups excluding carboxylic acids is 2. The van der Waals surface area contributed by atoms with Crippen molar-refractivity contribution in [3.05, 3.63) is 29.8 Å². The van der Waals surface area contributed by atoms with Gasteiger partial charge in [-0.2, -0.15) is 0 Å². The van der Waals surface area contributed by atoms with Crippen LogP contribution < -0.4 is 11.1 Å². The number of piperidine rings is 1. The summed E-state index contributed by atoms with van der Waals surface area (Å²) < 4.78 is 0. The zero-order valence-corrected chi connectivity index (χ0v) is 12.5. The zero-order valence-electron chi connectivity index (χ0n) is 12.5. The molecule has 0 unspecified atom stereocenters. The average Bonchev–Trinajstić information content (AvgIpc) is 2.47. The van der Waals surface area contributed by atoms with Gasteiger partial charge < -0.3 is 16.0 Å². The maximum Gasteiger partial charge on any atom is 0.220 e. The minimum Gasteiger partial charge on any atom is -0.399 e. The molecule has 0 atom stereocenters. The molecule has 21 heavy (non-hydrogen) atoms. The van der Waals surface area contributed by atoms with Crippen LogP contribution >= 0.6 is 0 Å². The summed E-state index contributed by atoms with van der Waals surface area (Å²) in [4.78, 5) is 25.0. The van der Waals surface area contributed by atoms with Gasteiger partial charge in [0.25, 0.3) is 0 Å². The first-order valence-corrected chi connectivity index (χ1v) is 7.44. The maximum atomic E-state index is 12.0. The average molecular weight is 289 g/mol. The minimum absolute atomic E-state index is 0.0769. The fourth-order valence-corrected chi connectivity index (χ4v) is 2.58. The Labute approximate surface area is 125 Å². The zero-order chi connectivity index (χ0) is 15.2. The minimum atomic E-state index is 0.0769. The van der Waals surface area contributed by atoms with Gasteiger partial charge in [0, 0.05) is 38.2 Å². The molecule has 1 aliphatic heterocycles. The number of likely N-dealkylation sites (tertiary alicyclic amines) is 1. The Kier molecular flexibility index (Phi) is 5.20. The van der Waals surface area contributed by atoms with Crippen LogP contribution in [0, 0.1) is 0 Å². The normalized spacial score (nSPS) is 15.8. The van der Waals surface area contributed by atoms with E-state index >= 15 is 0 Å². The molecule has 1 saturated heterocycles. The summed E-state index contributed by atoms with van der Waals surface area (Å²) in [6.07, 6.45) is 2.88. The number of anilines is 1. The van der Waals surface area contributed by atoms with Crippen LogP contribution in [0.25, 0.3) is 0 Å². The second-order valence-electron chi connectivity index (χ2n) is 5.59. The quantitative estimate of drug-likeness (QED) is 0.821. The number of nitrogens with zero attached hydrogens (tertiary/aromatic N) is 1. The first-order chi connectivity index (χ1) is 10.0. The molecular weight excluding hydrogens is 266 g/mol. The second-order valence-corrected chi connectivity index (χ2v) is 5.59. The number of carbonyl (C=O) groups is 2. The molecule has 1 aliphatic rings. The second kappa shape index (κ2) is 7.11.